The van der Waals surface area contributed by atoms with Crippen LogP contribution in [0, 0.1) is 11.8 Å². The van der Waals surface area contributed by atoms with Crippen LogP contribution in [0.4, 0.5) is 0 Å². The van der Waals surface area contributed by atoms with E-state index < -0.39 is 0 Å². The monoisotopic (exact) mass is 239 g/mol. The molecule has 1 saturated heterocycles. The molecule has 1 rings (SSSR count). The number of rotatable bonds is 4. The molecule has 0 aromatic carbocycles. The predicted octanol–water partition coefficient (Wildman–Crippen LogP) is 4.71. The highest BCUT2D eigenvalue weighted by molar-refractivity contribution is 4.96. The molecule has 0 aliphatic carbocycles. The van der Waals surface area contributed by atoms with Gasteiger partial charge in [-0.2, -0.15) is 0 Å². The van der Waals surface area contributed by atoms with Gasteiger partial charge in [-0.1, -0.05) is 53.4 Å². The molecule has 0 aromatic rings. The van der Waals surface area contributed by atoms with Crippen LogP contribution in [0.15, 0.2) is 0 Å². The Hall–Kier alpha value is -0.0400. The summed E-state index contributed by atoms with van der Waals surface area (Å²) in [5.74, 6) is 1.60. The number of hydrogen-bond acceptors (Lipinski definition) is 1. The van der Waals surface area contributed by atoms with E-state index in [1.54, 1.807) is 0 Å². The van der Waals surface area contributed by atoms with E-state index in [9.17, 15) is 0 Å². The molecule has 1 aliphatic rings. The normalized spacial score (nSPS) is 30.0. The Kier molecular flexibility index (Phi) is 5.99. The Bertz CT molecular complexity index is 206. The van der Waals surface area contributed by atoms with Gasteiger partial charge in [-0.05, 0) is 44.7 Å². The van der Waals surface area contributed by atoms with Gasteiger partial charge in [0.25, 0.3) is 0 Å². The molecule has 2 atom stereocenters. The summed E-state index contributed by atoms with van der Waals surface area (Å²) in [5.41, 5.74) is 0.455. The highest BCUT2D eigenvalue weighted by Crippen LogP contribution is 2.40. The smallest absolute Gasteiger partial charge is 0.0254 e. The molecule has 1 aliphatic heterocycles. The Morgan fingerprint density at radius 1 is 1.06 bits per heavy atom. The highest BCUT2D eigenvalue weighted by Gasteiger charge is 2.41. The van der Waals surface area contributed by atoms with Crippen molar-refractivity contribution in [3.63, 3.8) is 0 Å². The van der Waals surface area contributed by atoms with Gasteiger partial charge < -0.3 is 4.90 Å². The van der Waals surface area contributed by atoms with Crippen LogP contribution in [-0.2, 0) is 0 Å². The Morgan fingerprint density at radius 2 is 1.71 bits per heavy atom. The van der Waals surface area contributed by atoms with E-state index in [2.05, 4.69) is 39.6 Å². The second kappa shape index (κ2) is 6.78. The molecule has 17 heavy (non-hydrogen) atoms. The first-order valence-corrected chi connectivity index (χ1v) is 7.77. The maximum atomic E-state index is 2.71. The minimum absolute atomic E-state index is 0.455. The summed E-state index contributed by atoms with van der Waals surface area (Å²) >= 11 is 0. The van der Waals surface area contributed by atoms with Crippen LogP contribution in [0.2, 0.25) is 0 Å². The van der Waals surface area contributed by atoms with Crippen molar-refractivity contribution in [3.05, 3.63) is 0 Å². The van der Waals surface area contributed by atoms with Gasteiger partial charge in [0.05, 0.1) is 0 Å². The summed E-state index contributed by atoms with van der Waals surface area (Å²) in [6.07, 6.45) is 9.80. The van der Waals surface area contributed by atoms with Crippen molar-refractivity contribution in [1.29, 1.82) is 0 Å². The third-order valence-electron chi connectivity index (χ3n) is 5.11. The molecule has 1 nitrogen and oxygen atoms in total. The summed E-state index contributed by atoms with van der Waals surface area (Å²) < 4.78 is 0. The quantitative estimate of drug-likeness (QED) is 0.686. The minimum atomic E-state index is 0.455. The molecular weight excluding hydrogens is 206 g/mol. The van der Waals surface area contributed by atoms with Gasteiger partial charge in [0.1, 0.15) is 0 Å². The van der Waals surface area contributed by atoms with Crippen LogP contribution >= 0.6 is 0 Å². The SMILES string of the molecule is CCCC(C)C1(C(C)C)CCCCCCN1C. The summed E-state index contributed by atoms with van der Waals surface area (Å²) in [4.78, 5) is 2.71. The molecule has 1 heterocycles. The second-order valence-corrected chi connectivity index (χ2v) is 6.42. The molecule has 2 unspecified atom stereocenters. The maximum Gasteiger partial charge on any atom is 0.0254 e. The fourth-order valence-corrected chi connectivity index (χ4v) is 4.11. The molecule has 0 N–H and O–H groups in total. The fourth-order valence-electron chi connectivity index (χ4n) is 4.11. The fraction of sp³-hybridized carbons (Fsp3) is 1.00. The lowest BCUT2D eigenvalue weighted by Crippen LogP contribution is -2.56. The molecule has 102 valence electrons. The van der Waals surface area contributed by atoms with Gasteiger partial charge >= 0.3 is 0 Å². The molecule has 0 spiro atoms. The average Bonchev–Trinajstić information content (AvgIpc) is 2.24. The van der Waals surface area contributed by atoms with E-state index in [0.29, 0.717) is 5.54 Å². The molecule has 0 saturated carbocycles. The Morgan fingerprint density at radius 3 is 2.29 bits per heavy atom. The zero-order valence-electron chi connectivity index (χ0n) is 12.8. The summed E-state index contributed by atoms with van der Waals surface area (Å²) in [6, 6.07) is 0. The van der Waals surface area contributed by atoms with Gasteiger partial charge in [0, 0.05) is 5.54 Å². The molecule has 0 radical (unpaired) electrons. The van der Waals surface area contributed by atoms with Crippen molar-refractivity contribution in [3.8, 4) is 0 Å². The van der Waals surface area contributed by atoms with Gasteiger partial charge in [-0.25, -0.2) is 0 Å². The van der Waals surface area contributed by atoms with Crippen LogP contribution in [0.1, 0.15) is 72.6 Å². The first kappa shape index (κ1) is 15.0. The van der Waals surface area contributed by atoms with E-state index >= 15 is 0 Å². The number of hydrogen-bond donors (Lipinski definition) is 0. The average molecular weight is 239 g/mol. The van der Waals surface area contributed by atoms with Gasteiger partial charge in [0.15, 0.2) is 0 Å². The molecule has 0 amide bonds. The van der Waals surface area contributed by atoms with E-state index in [1.807, 2.05) is 0 Å². The third kappa shape index (κ3) is 3.24. The first-order valence-electron chi connectivity index (χ1n) is 7.77. The largest absolute Gasteiger partial charge is 0.300 e. The van der Waals surface area contributed by atoms with Crippen LogP contribution in [0.25, 0.3) is 0 Å². The molecular formula is C16H33N. The van der Waals surface area contributed by atoms with E-state index in [-0.39, 0.29) is 0 Å². The van der Waals surface area contributed by atoms with Crippen molar-refractivity contribution in [2.75, 3.05) is 13.6 Å². The van der Waals surface area contributed by atoms with Crippen molar-refractivity contribution >= 4 is 0 Å². The minimum Gasteiger partial charge on any atom is -0.300 e. The van der Waals surface area contributed by atoms with Gasteiger partial charge in [0.2, 0.25) is 0 Å². The van der Waals surface area contributed by atoms with E-state index in [1.165, 1.54) is 51.5 Å². The topological polar surface area (TPSA) is 3.24 Å². The maximum absolute atomic E-state index is 2.71. The van der Waals surface area contributed by atoms with Crippen LogP contribution in [0.5, 0.6) is 0 Å². The highest BCUT2D eigenvalue weighted by atomic mass is 15.2. The lowest BCUT2D eigenvalue weighted by Gasteiger charge is -2.51. The zero-order valence-corrected chi connectivity index (χ0v) is 12.8. The lowest BCUT2D eigenvalue weighted by atomic mass is 9.69. The van der Waals surface area contributed by atoms with E-state index in [0.717, 1.165) is 11.8 Å². The predicted molar refractivity (Wildman–Crippen MR) is 77.4 cm³/mol. The van der Waals surface area contributed by atoms with Crippen LogP contribution < -0.4 is 0 Å². The standard InChI is InChI=1S/C16H33N/c1-6-11-15(4)16(14(2)3)12-9-7-8-10-13-17(16)5/h14-15H,6-13H2,1-5H3. The lowest BCUT2D eigenvalue weighted by molar-refractivity contribution is -0.00330. The Balaban J connectivity index is 2.90. The van der Waals surface area contributed by atoms with Gasteiger partial charge in [-0.3, -0.25) is 0 Å². The zero-order chi connectivity index (χ0) is 12.9. The third-order valence-corrected chi connectivity index (χ3v) is 5.11. The number of likely N-dealkylation sites (tertiary alicyclic amines) is 1. The molecule has 0 aromatic heterocycles. The van der Waals surface area contributed by atoms with E-state index in [4.69, 9.17) is 0 Å². The first-order chi connectivity index (χ1) is 8.05. The van der Waals surface area contributed by atoms with Crippen molar-refractivity contribution in [2.24, 2.45) is 11.8 Å². The Labute approximate surface area is 109 Å². The number of nitrogens with zero attached hydrogens (tertiary/aromatic N) is 1. The summed E-state index contributed by atoms with van der Waals surface area (Å²) in [7, 11) is 2.37. The molecule has 1 fully saturated rings. The van der Waals surface area contributed by atoms with Crippen LogP contribution in [-0.4, -0.2) is 24.0 Å². The summed E-state index contributed by atoms with van der Waals surface area (Å²) in [6.45, 7) is 11.0. The van der Waals surface area contributed by atoms with Crippen molar-refractivity contribution in [1.82, 2.24) is 4.90 Å². The molecule has 0 bridgehead atoms. The second-order valence-electron chi connectivity index (χ2n) is 6.42. The van der Waals surface area contributed by atoms with Crippen LogP contribution in [0.3, 0.4) is 0 Å². The molecule has 1 heteroatoms. The van der Waals surface area contributed by atoms with Crippen molar-refractivity contribution in [2.45, 2.75) is 78.2 Å². The van der Waals surface area contributed by atoms with Gasteiger partial charge in [-0.15, -0.1) is 0 Å². The summed E-state index contributed by atoms with van der Waals surface area (Å²) in [5, 5.41) is 0. The van der Waals surface area contributed by atoms with Crippen molar-refractivity contribution < 1.29 is 0 Å².